The Balaban J connectivity index is 2.11. The first-order valence-electron chi connectivity index (χ1n) is 7.84. The SMILES string of the molecule is CN=C(NCCOC1CCCCCC1)NC(C)COC. The van der Waals surface area contributed by atoms with Gasteiger partial charge in [-0.3, -0.25) is 4.99 Å². The predicted octanol–water partition coefficient (Wildman–Crippen LogP) is 1.93. The summed E-state index contributed by atoms with van der Waals surface area (Å²) < 4.78 is 11.0. The largest absolute Gasteiger partial charge is 0.383 e. The average molecular weight is 285 g/mol. The monoisotopic (exact) mass is 285 g/mol. The van der Waals surface area contributed by atoms with E-state index < -0.39 is 0 Å². The molecule has 0 amide bonds. The fraction of sp³-hybridized carbons (Fsp3) is 0.933. The van der Waals surface area contributed by atoms with Gasteiger partial charge in [-0.05, 0) is 19.8 Å². The van der Waals surface area contributed by atoms with Crippen LogP contribution in [0.1, 0.15) is 45.4 Å². The van der Waals surface area contributed by atoms with Crippen LogP contribution in [0.2, 0.25) is 0 Å². The fourth-order valence-electron chi connectivity index (χ4n) is 2.52. The molecule has 0 aliphatic heterocycles. The van der Waals surface area contributed by atoms with Crippen LogP contribution < -0.4 is 10.6 Å². The molecule has 0 radical (unpaired) electrons. The van der Waals surface area contributed by atoms with Crippen LogP contribution in [0.3, 0.4) is 0 Å². The number of guanidine groups is 1. The number of ether oxygens (including phenoxy) is 2. The molecule has 0 spiro atoms. The van der Waals surface area contributed by atoms with Crippen molar-refractivity contribution in [2.24, 2.45) is 4.99 Å². The molecule has 0 heterocycles. The van der Waals surface area contributed by atoms with Gasteiger partial charge in [0.25, 0.3) is 0 Å². The number of hydrogen-bond acceptors (Lipinski definition) is 3. The van der Waals surface area contributed by atoms with Gasteiger partial charge in [0.2, 0.25) is 0 Å². The lowest BCUT2D eigenvalue weighted by atomic mass is 10.1. The van der Waals surface area contributed by atoms with Gasteiger partial charge in [-0.15, -0.1) is 0 Å². The molecule has 0 aromatic rings. The van der Waals surface area contributed by atoms with Crippen molar-refractivity contribution >= 4 is 5.96 Å². The minimum absolute atomic E-state index is 0.244. The number of nitrogens with one attached hydrogen (secondary N) is 2. The minimum Gasteiger partial charge on any atom is -0.383 e. The molecule has 1 fully saturated rings. The van der Waals surface area contributed by atoms with Gasteiger partial charge in [0.15, 0.2) is 5.96 Å². The molecule has 1 aliphatic carbocycles. The van der Waals surface area contributed by atoms with Crippen molar-refractivity contribution in [1.29, 1.82) is 0 Å². The highest BCUT2D eigenvalue weighted by Crippen LogP contribution is 2.19. The molecule has 0 saturated heterocycles. The summed E-state index contributed by atoms with van der Waals surface area (Å²) in [6, 6.07) is 0.244. The minimum atomic E-state index is 0.244. The van der Waals surface area contributed by atoms with Crippen LogP contribution in [0.4, 0.5) is 0 Å². The number of methoxy groups -OCH3 is 1. The fourth-order valence-corrected chi connectivity index (χ4v) is 2.52. The van der Waals surface area contributed by atoms with Gasteiger partial charge in [-0.1, -0.05) is 25.7 Å². The van der Waals surface area contributed by atoms with Crippen LogP contribution in [0.15, 0.2) is 4.99 Å². The van der Waals surface area contributed by atoms with E-state index in [1.165, 1.54) is 38.5 Å². The van der Waals surface area contributed by atoms with E-state index in [0.717, 1.165) is 19.1 Å². The maximum atomic E-state index is 5.94. The zero-order valence-electron chi connectivity index (χ0n) is 13.3. The van der Waals surface area contributed by atoms with Crippen molar-refractivity contribution in [2.75, 3.05) is 33.9 Å². The van der Waals surface area contributed by atoms with Crippen LogP contribution in [0.5, 0.6) is 0 Å². The molecule has 0 aromatic heterocycles. The van der Waals surface area contributed by atoms with Gasteiger partial charge in [-0.2, -0.15) is 0 Å². The molecule has 1 unspecified atom stereocenters. The topological polar surface area (TPSA) is 54.9 Å². The third kappa shape index (κ3) is 7.70. The van der Waals surface area contributed by atoms with E-state index in [0.29, 0.717) is 12.7 Å². The number of rotatable bonds is 7. The Bertz CT molecular complexity index is 264. The van der Waals surface area contributed by atoms with E-state index in [1.54, 1.807) is 14.2 Å². The molecule has 0 bridgehead atoms. The highest BCUT2D eigenvalue weighted by molar-refractivity contribution is 5.79. The lowest BCUT2D eigenvalue weighted by Crippen LogP contribution is -2.45. The summed E-state index contributed by atoms with van der Waals surface area (Å²) in [5.41, 5.74) is 0. The second-order valence-corrected chi connectivity index (χ2v) is 5.48. The number of hydrogen-bond donors (Lipinski definition) is 2. The highest BCUT2D eigenvalue weighted by Gasteiger charge is 2.12. The number of aliphatic imine (C=N–C) groups is 1. The summed E-state index contributed by atoms with van der Waals surface area (Å²) >= 11 is 0. The molecule has 20 heavy (non-hydrogen) atoms. The summed E-state index contributed by atoms with van der Waals surface area (Å²) in [6.45, 7) is 4.26. The van der Waals surface area contributed by atoms with E-state index in [-0.39, 0.29) is 6.04 Å². The van der Waals surface area contributed by atoms with Crippen molar-refractivity contribution in [2.45, 2.75) is 57.6 Å². The maximum absolute atomic E-state index is 5.94. The van der Waals surface area contributed by atoms with Gasteiger partial charge in [0.05, 0.1) is 19.3 Å². The lowest BCUT2D eigenvalue weighted by Gasteiger charge is -2.19. The van der Waals surface area contributed by atoms with Crippen molar-refractivity contribution in [3.63, 3.8) is 0 Å². The molecule has 0 aromatic carbocycles. The quantitative estimate of drug-likeness (QED) is 0.325. The Morgan fingerprint density at radius 1 is 1.25 bits per heavy atom. The lowest BCUT2D eigenvalue weighted by molar-refractivity contribution is 0.0467. The molecule has 1 atom stereocenters. The zero-order valence-corrected chi connectivity index (χ0v) is 13.3. The molecule has 1 rings (SSSR count). The normalized spacial score (nSPS) is 19.4. The summed E-state index contributed by atoms with van der Waals surface area (Å²) in [6.07, 6.45) is 8.26. The first-order chi connectivity index (χ1) is 9.76. The van der Waals surface area contributed by atoms with Crippen LogP contribution in [0.25, 0.3) is 0 Å². The Labute approximate surface area is 123 Å². The average Bonchev–Trinajstić information content (AvgIpc) is 2.71. The standard InChI is InChI=1S/C15H31N3O2/c1-13(12-19-3)18-15(16-2)17-10-11-20-14-8-6-4-5-7-9-14/h13-14H,4-12H2,1-3H3,(H2,16,17,18). The van der Waals surface area contributed by atoms with Gasteiger partial charge in [0.1, 0.15) is 0 Å². The highest BCUT2D eigenvalue weighted by atomic mass is 16.5. The predicted molar refractivity (Wildman–Crippen MR) is 83.3 cm³/mol. The van der Waals surface area contributed by atoms with Crippen LogP contribution in [-0.4, -0.2) is 52.0 Å². The van der Waals surface area contributed by atoms with Gasteiger partial charge in [0, 0.05) is 26.7 Å². The summed E-state index contributed by atoms with van der Waals surface area (Å²) in [5.74, 6) is 0.805. The van der Waals surface area contributed by atoms with Crippen molar-refractivity contribution in [1.82, 2.24) is 10.6 Å². The van der Waals surface area contributed by atoms with Crippen molar-refractivity contribution in [3.8, 4) is 0 Å². The number of nitrogens with zero attached hydrogens (tertiary/aromatic N) is 1. The van der Waals surface area contributed by atoms with Gasteiger partial charge < -0.3 is 20.1 Å². The van der Waals surface area contributed by atoms with Crippen LogP contribution >= 0.6 is 0 Å². The summed E-state index contributed by atoms with van der Waals surface area (Å²) in [7, 11) is 3.48. The molecule has 118 valence electrons. The van der Waals surface area contributed by atoms with E-state index >= 15 is 0 Å². The van der Waals surface area contributed by atoms with E-state index in [9.17, 15) is 0 Å². The molecule has 1 saturated carbocycles. The first-order valence-corrected chi connectivity index (χ1v) is 7.84. The molecule has 5 heteroatoms. The van der Waals surface area contributed by atoms with Crippen molar-refractivity contribution in [3.05, 3.63) is 0 Å². The Morgan fingerprint density at radius 3 is 2.55 bits per heavy atom. The van der Waals surface area contributed by atoms with E-state index in [2.05, 4.69) is 22.5 Å². The summed E-state index contributed by atoms with van der Waals surface area (Å²) in [4.78, 5) is 4.19. The Kier molecular flexibility index (Phi) is 9.41. The van der Waals surface area contributed by atoms with Crippen LogP contribution in [0, 0.1) is 0 Å². The summed E-state index contributed by atoms with van der Waals surface area (Å²) in [5, 5.41) is 6.55. The second-order valence-electron chi connectivity index (χ2n) is 5.48. The maximum Gasteiger partial charge on any atom is 0.191 e. The molecular formula is C15H31N3O2. The van der Waals surface area contributed by atoms with Crippen LogP contribution in [-0.2, 0) is 9.47 Å². The third-order valence-electron chi connectivity index (χ3n) is 3.57. The Morgan fingerprint density at radius 2 is 1.95 bits per heavy atom. The second kappa shape index (κ2) is 10.9. The smallest absolute Gasteiger partial charge is 0.191 e. The zero-order chi connectivity index (χ0) is 14.6. The van der Waals surface area contributed by atoms with Crippen molar-refractivity contribution < 1.29 is 9.47 Å². The third-order valence-corrected chi connectivity index (χ3v) is 3.57. The van der Waals surface area contributed by atoms with E-state index in [4.69, 9.17) is 9.47 Å². The molecule has 5 nitrogen and oxygen atoms in total. The molecular weight excluding hydrogens is 254 g/mol. The first kappa shape index (κ1) is 17.2. The van der Waals surface area contributed by atoms with Gasteiger partial charge in [-0.25, -0.2) is 0 Å². The van der Waals surface area contributed by atoms with Gasteiger partial charge >= 0.3 is 0 Å². The van der Waals surface area contributed by atoms with E-state index in [1.807, 2.05) is 0 Å². The molecule has 2 N–H and O–H groups in total. The Hall–Kier alpha value is -0.810. The molecule has 1 aliphatic rings.